The first kappa shape index (κ1) is 17.1. The maximum absolute atomic E-state index is 11.3. The molecule has 0 atom stereocenters. The fraction of sp³-hybridized carbons (Fsp3) is 0.500. The fourth-order valence-corrected chi connectivity index (χ4v) is 4.94. The zero-order valence-corrected chi connectivity index (χ0v) is 14.3. The Morgan fingerprint density at radius 1 is 1.38 bits per heavy atom. The van der Waals surface area contributed by atoms with E-state index in [1.54, 1.807) is 0 Å². The third kappa shape index (κ3) is 3.82. The number of rotatable bonds is 5. The highest BCUT2D eigenvalue weighted by Gasteiger charge is 2.27. The Morgan fingerprint density at radius 2 is 2.08 bits per heavy atom. The van der Waals surface area contributed by atoms with Crippen LogP contribution in [0.4, 0.5) is 11.4 Å². The Kier molecular flexibility index (Phi) is 4.70. The molecule has 0 aliphatic heterocycles. The number of aromatic nitrogens is 1. The summed E-state index contributed by atoms with van der Waals surface area (Å²) in [7, 11) is -3.96. The third-order valence-corrected chi connectivity index (χ3v) is 6.11. The van der Waals surface area contributed by atoms with Crippen molar-refractivity contribution in [2.24, 2.45) is 5.92 Å². The number of fused-ring (bicyclic) bond motifs is 1. The van der Waals surface area contributed by atoms with Crippen LogP contribution in [-0.2, 0) is 10.1 Å². The lowest BCUT2D eigenvalue weighted by molar-refractivity contribution is -0.384. The molecule has 0 unspecified atom stereocenters. The molecule has 2 aromatic rings. The van der Waals surface area contributed by atoms with E-state index >= 15 is 0 Å². The van der Waals surface area contributed by atoms with Crippen LogP contribution in [0.3, 0.4) is 0 Å². The van der Waals surface area contributed by atoms with Gasteiger partial charge in [0.25, 0.3) is 10.1 Å². The van der Waals surface area contributed by atoms with E-state index in [1.165, 1.54) is 17.5 Å². The van der Waals surface area contributed by atoms with Gasteiger partial charge in [0.15, 0.2) is 0 Å². The van der Waals surface area contributed by atoms with Crippen LogP contribution in [0, 0.1) is 16.0 Å². The lowest BCUT2D eigenvalue weighted by Crippen LogP contribution is -2.29. The highest BCUT2D eigenvalue weighted by atomic mass is 32.2. The minimum atomic E-state index is -3.96. The zero-order chi connectivity index (χ0) is 17.3. The predicted octanol–water partition coefficient (Wildman–Crippen LogP) is 3.06. The summed E-state index contributed by atoms with van der Waals surface area (Å²) in [5, 5.41) is 16.4. The molecule has 1 saturated carbocycles. The molecular weight excluding hydrogens is 354 g/mol. The molecule has 24 heavy (non-hydrogen) atoms. The van der Waals surface area contributed by atoms with E-state index in [0.29, 0.717) is 36.9 Å². The zero-order valence-electron chi connectivity index (χ0n) is 12.7. The van der Waals surface area contributed by atoms with Gasteiger partial charge in [0.1, 0.15) is 11.9 Å². The Labute approximate surface area is 142 Å². The first-order valence-corrected chi connectivity index (χ1v) is 10.0. The van der Waals surface area contributed by atoms with Crippen molar-refractivity contribution in [3.8, 4) is 0 Å². The molecule has 0 aromatic carbocycles. The average molecular weight is 371 g/mol. The summed E-state index contributed by atoms with van der Waals surface area (Å²) in [4.78, 5) is 14.9. The summed E-state index contributed by atoms with van der Waals surface area (Å²) in [5.74, 6) is -0.281. The molecule has 1 fully saturated rings. The molecule has 2 heterocycles. The molecule has 1 aliphatic rings. The monoisotopic (exact) mass is 371 g/mol. The van der Waals surface area contributed by atoms with Crippen molar-refractivity contribution in [3.63, 3.8) is 0 Å². The van der Waals surface area contributed by atoms with E-state index in [0.717, 1.165) is 4.70 Å². The number of hydrogen-bond acceptors (Lipinski definition) is 7. The van der Waals surface area contributed by atoms with Gasteiger partial charge in [-0.3, -0.25) is 14.7 Å². The van der Waals surface area contributed by atoms with Gasteiger partial charge in [-0.2, -0.15) is 8.42 Å². The quantitative estimate of drug-likeness (QED) is 0.470. The molecule has 130 valence electrons. The van der Waals surface area contributed by atoms with Crippen molar-refractivity contribution in [2.45, 2.75) is 31.7 Å². The van der Waals surface area contributed by atoms with Crippen LogP contribution in [0.15, 0.2) is 17.6 Å². The average Bonchev–Trinajstić information content (AvgIpc) is 2.96. The smallest absolute Gasteiger partial charge is 0.311 e. The molecule has 1 aliphatic carbocycles. The SMILES string of the molecule is O=[N+]([O-])c1cnc2ccsc2c1N[C@H]1CC[C@H](CS(=O)(=O)O)CC1. The Balaban J connectivity index is 1.75. The fourth-order valence-electron chi connectivity index (χ4n) is 3.16. The maximum atomic E-state index is 11.3. The van der Waals surface area contributed by atoms with Crippen LogP contribution in [0.2, 0.25) is 0 Å². The number of nitro groups is 1. The van der Waals surface area contributed by atoms with Crippen LogP contribution < -0.4 is 5.32 Å². The van der Waals surface area contributed by atoms with E-state index < -0.39 is 15.0 Å². The second kappa shape index (κ2) is 6.61. The van der Waals surface area contributed by atoms with Gasteiger partial charge in [0.2, 0.25) is 0 Å². The molecule has 2 aromatic heterocycles. The molecule has 2 N–H and O–H groups in total. The van der Waals surface area contributed by atoms with Gasteiger partial charge in [0.05, 0.1) is 20.9 Å². The van der Waals surface area contributed by atoms with Gasteiger partial charge in [-0.05, 0) is 43.0 Å². The largest absolute Gasteiger partial charge is 0.375 e. The second-order valence-corrected chi connectivity index (χ2v) is 8.43. The molecule has 0 saturated heterocycles. The van der Waals surface area contributed by atoms with Gasteiger partial charge in [0, 0.05) is 6.04 Å². The van der Waals surface area contributed by atoms with Gasteiger partial charge < -0.3 is 5.32 Å². The molecule has 8 nitrogen and oxygen atoms in total. The molecule has 0 radical (unpaired) electrons. The number of nitrogens with zero attached hydrogens (tertiary/aromatic N) is 2. The van der Waals surface area contributed by atoms with Crippen LogP contribution in [0.5, 0.6) is 0 Å². The van der Waals surface area contributed by atoms with Crippen molar-refractivity contribution in [3.05, 3.63) is 27.8 Å². The van der Waals surface area contributed by atoms with Gasteiger partial charge in [-0.15, -0.1) is 11.3 Å². The highest BCUT2D eigenvalue weighted by molar-refractivity contribution is 7.85. The van der Waals surface area contributed by atoms with E-state index in [9.17, 15) is 18.5 Å². The Bertz CT molecular complexity index is 856. The highest BCUT2D eigenvalue weighted by Crippen LogP contribution is 2.37. The van der Waals surface area contributed by atoms with Crippen molar-refractivity contribution in [1.29, 1.82) is 0 Å². The number of nitrogens with one attached hydrogen (secondary N) is 1. The van der Waals surface area contributed by atoms with Crippen molar-refractivity contribution in [2.75, 3.05) is 11.1 Å². The third-order valence-electron chi connectivity index (χ3n) is 4.29. The lowest BCUT2D eigenvalue weighted by Gasteiger charge is -2.29. The summed E-state index contributed by atoms with van der Waals surface area (Å²) >= 11 is 1.40. The molecule has 3 rings (SSSR count). The minimum absolute atomic E-state index is 0.0362. The maximum Gasteiger partial charge on any atom is 0.311 e. The van der Waals surface area contributed by atoms with Gasteiger partial charge in [-0.1, -0.05) is 0 Å². The molecule has 10 heteroatoms. The van der Waals surface area contributed by atoms with Crippen LogP contribution in [0.25, 0.3) is 10.2 Å². The normalized spacial score (nSPS) is 21.7. The van der Waals surface area contributed by atoms with E-state index in [4.69, 9.17) is 4.55 Å². The first-order valence-electron chi connectivity index (χ1n) is 7.56. The number of pyridine rings is 1. The molecular formula is C14H17N3O5S2. The standard InChI is InChI=1S/C14H17N3O5S2/c18-17(19)12-7-15-11-5-6-23-14(11)13(12)16-10-3-1-9(2-4-10)8-24(20,21)22/h5-7,9-10H,1-4,8H2,(H,15,16)(H,20,21,22)/t9-,10-. The summed E-state index contributed by atoms with van der Waals surface area (Å²) < 4.78 is 31.6. The topological polar surface area (TPSA) is 122 Å². The first-order chi connectivity index (χ1) is 11.3. The van der Waals surface area contributed by atoms with Crippen molar-refractivity contribution in [1.82, 2.24) is 4.98 Å². The molecule has 0 amide bonds. The molecule has 0 spiro atoms. The summed E-state index contributed by atoms with van der Waals surface area (Å²) in [5.41, 5.74) is 1.15. The van der Waals surface area contributed by atoms with Crippen molar-refractivity contribution >= 4 is 43.0 Å². The predicted molar refractivity (Wildman–Crippen MR) is 92.1 cm³/mol. The van der Waals surface area contributed by atoms with Crippen molar-refractivity contribution < 1.29 is 17.9 Å². The minimum Gasteiger partial charge on any atom is -0.375 e. The lowest BCUT2D eigenvalue weighted by atomic mass is 9.87. The number of anilines is 1. The summed E-state index contributed by atoms with van der Waals surface area (Å²) in [6.07, 6.45) is 3.98. The Hall–Kier alpha value is -1.78. The number of hydrogen-bond donors (Lipinski definition) is 2. The summed E-state index contributed by atoms with van der Waals surface area (Å²) in [6, 6.07) is 1.85. The van der Waals surface area contributed by atoms with Crippen LogP contribution in [-0.4, -0.2) is 34.7 Å². The Morgan fingerprint density at radius 3 is 2.71 bits per heavy atom. The van der Waals surface area contributed by atoms with E-state index in [-0.39, 0.29) is 23.4 Å². The van der Waals surface area contributed by atoms with Gasteiger partial charge in [-0.25, -0.2) is 4.98 Å². The molecule has 0 bridgehead atoms. The van der Waals surface area contributed by atoms with Gasteiger partial charge >= 0.3 is 5.69 Å². The van der Waals surface area contributed by atoms with E-state index in [1.807, 2.05) is 11.4 Å². The van der Waals surface area contributed by atoms with Crippen LogP contribution >= 0.6 is 11.3 Å². The summed E-state index contributed by atoms with van der Waals surface area (Å²) in [6.45, 7) is 0. The number of thiophene rings is 1. The van der Waals surface area contributed by atoms with Crippen LogP contribution in [0.1, 0.15) is 25.7 Å². The second-order valence-electron chi connectivity index (χ2n) is 6.02. The van der Waals surface area contributed by atoms with E-state index in [2.05, 4.69) is 10.3 Å².